The lowest BCUT2D eigenvalue weighted by atomic mass is 9.63. The Kier molecular flexibility index (Phi) is 7.58. The zero-order valence-electron chi connectivity index (χ0n) is 17.3. The van der Waals surface area contributed by atoms with Crippen molar-refractivity contribution < 1.29 is 5.11 Å². The minimum atomic E-state index is -0.764. The predicted octanol–water partition coefficient (Wildman–Crippen LogP) is 7.29. The van der Waals surface area contributed by atoms with Gasteiger partial charge in [-0.25, -0.2) is 0 Å². The highest BCUT2D eigenvalue weighted by Crippen LogP contribution is 2.46. The summed E-state index contributed by atoms with van der Waals surface area (Å²) in [6.45, 7) is 8.87. The molecule has 3 aliphatic carbocycles. The normalized spacial score (nSPS) is 32.6. The van der Waals surface area contributed by atoms with Gasteiger partial charge in [0.25, 0.3) is 0 Å². The molecule has 1 heteroatoms. The van der Waals surface area contributed by atoms with E-state index in [2.05, 4.69) is 37.5 Å². The molecule has 150 valence electrons. The number of hydrogen-bond donors (Lipinski definition) is 1. The molecule has 3 aliphatic rings. The Balaban J connectivity index is 1.82. The molecular formula is C26H40O. The zero-order chi connectivity index (χ0) is 19.1. The van der Waals surface area contributed by atoms with Crippen LogP contribution in [0.3, 0.4) is 0 Å². The first kappa shape index (κ1) is 20.6. The van der Waals surface area contributed by atoms with E-state index < -0.39 is 5.60 Å². The molecule has 3 rings (SSSR count). The van der Waals surface area contributed by atoms with Gasteiger partial charge in [0.1, 0.15) is 0 Å². The fraction of sp³-hybridized carbons (Fsp3) is 0.692. The Morgan fingerprint density at radius 2 is 1.41 bits per heavy atom. The molecule has 0 amide bonds. The van der Waals surface area contributed by atoms with Gasteiger partial charge in [-0.05, 0) is 88.5 Å². The Hall–Kier alpha value is -1.08. The van der Waals surface area contributed by atoms with Crippen LogP contribution in [0.1, 0.15) is 89.9 Å². The van der Waals surface area contributed by atoms with Crippen molar-refractivity contribution in [3.63, 3.8) is 0 Å². The van der Waals surface area contributed by atoms with E-state index in [0.29, 0.717) is 5.92 Å². The van der Waals surface area contributed by atoms with Crippen molar-refractivity contribution in [2.45, 2.75) is 95.5 Å². The van der Waals surface area contributed by atoms with Gasteiger partial charge >= 0.3 is 0 Å². The van der Waals surface area contributed by atoms with E-state index in [1.807, 2.05) is 0 Å². The third-order valence-electron chi connectivity index (χ3n) is 7.31. The maximum atomic E-state index is 12.2. The summed E-state index contributed by atoms with van der Waals surface area (Å²) in [6.07, 6.45) is 25.8. The van der Waals surface area contributed by atoms with Crippen LogP contribution >= 0.6 is 0 Å². The second-order valence-corrected chi connectivity index (χ2v) is 9.22. The van der Waals surface area contributed by atoms with Crippen LogP contribution in [0.15, 0.2) is 48.6 Å². The van der Waals surface area contributed by atoms with Gasteiger partial charge in [0.05, 0.1) is 5.60 Å². The second-order valence-electron chi connectivity index (χ2n) is 9.22. The van der Waals surface area contributed by atoms with Crippen LogP contribution in [0.2, 0.25) is 0 Å². The van der Waals surface area contributed by atoms with Gasteiger partial charge in [-0.2, -0.15) is 0 Å². The van der Waals surface area contributed by atoms with Crippen molar-refractivity contribution in [1.29, 1.82) is 0 Å². The summed E-state index contributed by atoms with van der Waals surface area (Å²) < 4.78 is 0. The van der Waals surface area contributed by atoms with Crippen molar-refractivity contribution in [1.82, 2.24) is 0 Å². The minimum Gasteiger partial charge on any atom is -0.384 e. The van der Waals surface area contributed by atoms with Crippen LogP contribution in [0, 0.1) is 17.8 Å². The highest BCUT2D eigenvalue weighted by atomic mass is 16.3. The summed E-state index contributed by atoms with van der Waals surface area (Å²) in [6, 6.07) is 0. The number of aliphatic hydroxyl groups is 1. The van der Waals surface area contributed by atoms with Gasteiger partial charge in [0.15, 0.2) is 0 Å². The molecule has 0 aromatic heterocycles. The number of rotatable bonds is 4. The molecule has 1 fully saturated rings. The maximum Gasteiger partial charge on any atom is 0.0981 e. The van der Waals surface area contributed by atoms with Crippen molar-refractivity contribution >= 4 is 0 Å². The van der Waals surface area contributed by atoms with Gasteiger partial charge in [-0.15, -0.1) is 0 Å². The first-order chi connectivity index (χ1) is 13.1. The van der Waals surface area contributed by atoms with E-state index in [1.54, 1.807) is 0 Å². The van der Waals surface area contributed by atoms with Crippen LogP contribution in [0.4, 0.5) is 0 Å². The van der Waals surface area contributed by atoms with E-state index in [1.165, 1.54) is 56.9 Å². The molecule has 0 spiro atoms. The molecule has 3 unspecified atom stereocenters. The molecule has 0 aromatic rings. The summed E-state index contributed by atoms with van der Waals surface area (Å²) in [5.74, 6) is 0.917. The van der Waals surface area contributed by atoms with Gasteiger partial charge in [0, 0.05) is 11.8 Å². The Morgan fingerprint density at radius 3 is 2.00 bits per heavy atom. The number of hydrogen-bond acceptors (Lipinski definition) is 1. The first-order valence-electron chi connectivity index (χ1n) is 11.5. The van der Waals surface area contributed by atoms with Gasteiger partial charge in [-0.1, -0.05) is 55.9 Å². The molecule has 1 saturated carbocycles. The van der Waals surface area contributed by atoms with E-state index in [4.69, 9.17) is 0 Å². The molecular weight excluding hydrogens is 328 g/mol. The van der Waals surface area contributed by atoms with Crippen molar-refractivity contribution in [2.75, 3.05) is 0 Å². The third kappa shape index (κ3) is 5.05. The quantitative estimate of drug-likeness (QED) is 0.516. The summed E-state index contributed by atoms with van der Waals surface area (Å²) in [4.78, 5) is 0. The second kappa shape index (κ2) is 9.92. The average molecular weight is 369 g/mol. The van der Waals surface area contributed by atoms with Gasteiger partial charge < -0.3 is 5.11 Å². The molecule has 0 radical (unpaired) electrons. The van der Waals surface area contributed by atoms with E-state index >= 15 is 0 Å². The van der Waals surface area contributed by atoms with Crippen LogP contribution in [-0.2, 0) is 0 Å². The molecule has 0 bridgehead atoms. The van der Waals surface area contributed by atoms with E-state index in [9.17, 15) is 5.11 Å². The standard InChI is InChI=1S/C26H40O/c1-21-13-6-3-7-15-23(16-12-14-21)22(2)26(27,24-17-8-4-9-18-24)25-19-10-5-11-20-25/h8,10,17,19,23-25,27H,1-7,9,11-16,18,20H2. The van der Waals surface area contributed by atoms with E-state index in [-0.39, 0.29) is 11.8 Å². The van der Waals surface area contributed by atoms with Crippen LogP contribution in [-0.4, -0.2) is 10.7 Å². The minimum absolute atomic E-state index is 0.233. The molecule has 0 aromatic carbocycles. The number of allylic oxidation sites excluding steroid dienone is 3. The summed E-state index contributed by atoms with van der Waals surface area (Å²) in [5.41, 5.74) is 1.79. The van der Waals surface area contributed by atoms with Crippen LogP contribution < -0.4 is 0 Å². The molecule has 1 nitrogen and oxygen atoms in total. The predicted molar refractivity (Wildman–Crippen MR) is 117 cm³/mol. The lowest BCUT2D eigenvalue weighted by molar-refractivity contribution is -0.0222. The maximum absolute atomic E-state index is 12.2. The molecule has 0 aliphatic heterocycles. The SMILES string of the molecule is C=C1CCCCCC(C(=C)C(O)(C2C=CCCC2)C2C=CCCC2)CCC1. The summed E-state index contributed by atoms with van der Waals surface area (Å²) in [7, 11) is 0. The highest BCUT2D eigenvalue weighted by Gasteiger charge is 2.46. The average Bonchev–Trinajstić information content (AvgIpc) is 2.72. The van der Waals surface area contributed by atoms with Crippen molar-refractivity contribution in [3.8, 4) is 0 Å². The molecule has 0 saturated heterocycles. The monoisotopic (exact) mass is 368 g/mol. The van der Waals surface area contributed by atoms with Crippen molar-refractivity contribution in [2.24, 2.45) is 17.8 Å². The van der Waals surface area contributed by atoms with Gasteiger partial charge in [0.2, 0.25) is 0 Å². The lowest BCUT2D eigenvalue weighted by Crippen LogP contribution is -2.48. The third-order valence-corrected chi connectivity index (χ3v) is 7.31. The summed E-state index contributed by atoms with van der Waals surface area (Å²) in [5, 5.41) is 12.2. The van der Waals surface area contributed by atoms with Crippen LogP contribution in [0.5, 0.6) is 0 Å². The van der Waals surface area contributed by atoms with Crippen molar-refractivity contribution in [3.05, 3.63) is 48.6 Å². The topological polar surface area (TPSA) is 20.2 Å². The largest absolute Gasteiger partial charge is 0.384 e. The zero-order valence-corrected chi connectivity index (χ0v) is 17.3. The fourth-order valence-electron chi connectivity index (χ4n) is 5.60. The molecule has 1 N–H and O–H groups in total. The Bertz CT molecular complexity index is 543. The van der Waals surface area contributed by atoms with Crippen LogP contribution in [0.25, 0.3) is 0 Å². The Morgan fingerprint density at radius 1 is 0.815 bits per heavy atom. The summed E-state index contributed by atoms with van der Waals surface area (Å²) >= 11 is 0. The molecule has 27 heavy (non-hydrogen) atoms. The fourth-order valence-corrected chi connectivity index (χ4v) is 5.60. The molecule has 0 heterocycles. The smallest absolute Gasteiger partial charge is 0.0981 e. The lowest BCUT2D eigenvalue weighted by Gasteiger charge is -2.46. The first-order valence-corrected chi connectivity index (χ1v) is 11.5. The Labute approximate surface area is 167 Å². The van der Waals surface area contributed by atoms with Gasteiger partial charge in [-0.3, -0.25) is 0 Å². The molecule has 3 atom stereocenters. The highest BCUT2D eigenvalue weighted by molar-refractivity contribution is 5.27. The van der Waals surface area contributed by atoms with E-state index in [0.717, 1.165) is 44.1 Å².